The van der Waals surface area contributed by atoms with E-state index in [9.17, 15) is 14.4 Å². The Morgan fingerprint density at radius 1 is 0.978 bits per heavy atom. The number of amides is 3. The standard InChI is InChI=1S/C29H32B3N9O4/c1-39-11-16-13-41(14-17(16)12-39)28(44)22-9-20(38-40(22)2)18-5-4-6-19(25(18)45-3)33-21-10-23(34-26(42)15-7-8-15)36-37-24(21)27(43)35-29(30,31)32/h4-6,9-10,15-17H,7-8,11-14H2,1-3H3,(H,35,43)(H2,33,34,36,42). The zero-order chi connectivity index (χ0) is 32.0. The van der Waals surface area contributed by atoms with E-state index >= 15 is 0 Å². The van der Waals surface area contributed by atoms with Gasteiger partial charge in [-0.15, -0.1) is 10.2 Å². The van der Waals surface area contributed by atoms with E-state index in [1.165, 1.54) is 13.2 Å². The SMILES string of the molecule is [B]C([B])([B])NC(=O)c1nnc(NC(=O)C2CC2)cc1Nc1cccc(-c2cc(C(=O)N3CC4CN(C)CC4C3)n(C)n2)c1OC. The number of benzene rings is 1. The molecule has 0 spiro atoms. The lowest BCUT2D eigenvalue weighted by Crippen LogP contribution is -2.50. The number of anilines is 3. The molecule has 1 aromatic carbocycles. The van der Waals surface area contributed by atoms with Crippen molar-refractivity contribution in [1.29, 1.82) is 0 Å². The van der Waals surface area contributed by atoms with Gasteiger partial charge in [-0.3, -0.25) is 19.1 Å². The first kappa shape index (κ1) is 30.7. The van der Waals surface area contributed by atoms with Crippen molar-refractivity contribution in [3.8, 4) is 17.0 Å². The summed E-state index contributed by atoms with van der Waals surface area (Å²) in [5.74, 6) is 0.413. The third-order valence-corrected chi connectivity index (χ3v) is 8.36. The molecule has 0 bridgehead atoms. The summed E-state index contributed by atoms with van der Waals surface area (Å²) < 4.78 is 7.39. The molecule has 3 aromatic rings. The van der Waals surface area contributed by atoms with Crippen LogP contribution in [0.25, 0.3) is 11.3 Å². The molecule has 2 aliphatic heterocycles. The van der Waals surface area contributed by atoms with E-state index < -0.39 is 11.1 Å². The summed E-state index contributed by atoms with van der Waals surface area (Å²) in [7, 11) is 22.1. The van der Waals surface area contributed by atoms with Crippen molar-refractivity contribution < 1.29 is 19.1 Å². The third-order valence-electron chi connectivity index (χ3n) is 8.36. The van der Waals surface area contributed by atoms with Crippen LogP contribution in [0.3, 0.4) is 0 Å². The van der Waals surface area contributed by atoms with Crippen LogP contribution in [0.1, 0.15) is 33.8 Å². The topological polar surface area (TPSA) is 147 Å². The molecular formula is C29H32B3N9O4. The lowest BCUT2D eigenvalue weighted by atomic mass is 9.49. The molecule has 6 rings (SSSR count). The van der Waals surface area contributed by atoms with Gasteiger partial charge >= 0.3 is 0 Å². The first-order valence-electron chi connectivity index (χ1n) is 14.7. The zero-order valence-electron chi connectivity index (χ0n) is 25.4. The van der Waals surface area contributed by atoms with Crippen LogP contribution in [0.5, 0.6) is 5.75 Å². The number of nitrogens with one attached hydrogen (secondary N) is 3. The van der Waals surface area contributed by atoms with Gasteiger partial charge in [-0.25, -0.2) is 0 Å². The number of nitrogens with zero attached hydrogens (tertiary/aromatic N) is 6. The number of rotatable bonds is 9. The monoisotopic (exact) mass is 603 g/mol. The van der Waals surface area contributed by atoms with E-state index in [1.54, 1.807) is 29.9 Å². The Morgan fingerprint density at radius 2 is 1.69 bits per heavy atom. The quantitative estimate of drug-likeness (QED) is 0.297. The van der Waals surface area contributed by atoms with Gasteiger partial charge in [-0.2, -0.15) is 5.10 Å². The Balaban J connectivity index is 1.29. The van der Waals surface area contributed by atoms with E-state index in [2.05, 4.69) is 43.2 Å². The molecule has 4 heterocycles. The summed E-state index contributed by atoms with van der Waals surface area (Å²) in [5.41, 5.74) is 2.06. The molecule has 45 heavy (non-hydrogen) atoms. The molecule has 2 unspecified atom stereocenters. The van der Waals surface area contributed by atoms with Crippen LogP contribution in [0.15, 0.2) is 30.3 Å². The summed E-state index contributed by atoms with van der Waals surface area (Å²) in [6.07, 6.45) is 1.61. The second-order valence-corrected chi connectivity index (χ2v) is 12.1. The van der Waals surface area contributed by atoms with E-state index in [0.29, 0.717) is 40.2 Å². The molecular weight excluding hydrogens is 571 g/mol. The highest BCUT2D eigenvalue weighted by Crippen LogP contribution is 2.39. The number of hydrogen-bond acceptors (Lipinski definition) is 9. The molecule has 1 aliphatic carbocycles. The molecule has 3 aliphatic rings. The Morgan fingerprint density at radius 3 is 2.33 bits per heavy atom. The summed E-state index contributed by atoms with van der Waals surface area (Å²) in [6, 6.07) is 8.57. The Hall–Kier alpha value is -4.33. The molecule has 16 heteroatoms. The Labute approximate surface area is 265 Å². The number of carbonyl (C=O) groups excluding carboxylic acids is 3. The summed E-state index contributed by atoms with van der Waals surface area (Å²) in [6.45, 7) is 3.46. The predicted molar refractivity (Wildman–Crippen MR) is 170 cm³/mol. The van der Waals surface area contributed by atoms with Gasteiger partial charge in [-0.05, 0) is 49.9 Å². The number of hydrogen-bond donors (Lipinski definition) is 3. The molecule has 226 valence electrons. The molecule has 2 aromatic heterocycles. The minimum absolute atomic E-state index is 0.0587. The number of fused-ring (bicyclic) bond motifs is 1. The number of likely N-dealkylation sites (tertiary alicyclic amines) is 2. The first-order valence-corrected chi connectivity index (χ1v) is 14.7. The smallest absolute Gasteiger partial charge is 0.272 e. The maximum Gasteiger partial charge on any atom is 0.272 e. The molecule has 6 radical (unpaired) electrons. The largest absolute Gasteiger partial charge is 0.494 e. The zero-order valence-corrected chi connectivity index (χ0v) is 25.4. The maximum atomic E-state index is 13.5. The minimum atomic E-state index is -2.01. The summed E-state index contributed by atoms with van der Waals surface area (Å²) in [4.78, 5) is 43.2. The van der Waals surface area contributed by atoms with Gasteiger partial charge < -0.3 is 30.5 Å². The summed E-state index contributed by atoms with van der Waals surface area (Å²) >= 11 is 0. The molecule has 2 atom stereocenters. The normalized spacial score (nSPS) is 19.7. The van der Waals surface area contributed by atoms with E-state index in [1.807, 2.05) is 11.0 Å². The minimum Gasteiger partial charge on any atom is -0.494 e. The molecule has 13 nitrogen and oxygen atoms in total. The van der Waals surface area contributed by atoms with Gasteiger partial charge in [0.15, 0.2) is 17.3 Å². The van der Waals surface area contributed by atoms with Crippen molar-refractivity contribution in [2.24, 2.45) is 24.8 Å². The van der Waals surface area contributed by atoms with E-state index in [0.717, 1.165) is 39.0 Å². The highest BCUT2D eigenvalue weighted by Gasteiger charge is 2.41. The summed E-state index contributed by atoms with van der Waals surface area (Å²) in [5, 5.41) is 18.8. The lowest BCUT2D eigenvalue weighted by molar-refractivity contribution is -0.117. The number of ether oxygens (including phenoxy) is 1. The van der Waals surface area contributed by atoms with Gasteiger partial charge in [0.2, 0.25) is 5.91 Å². The Bertz CT molecular complexity index is 1640. The fourth-order valence-electron chi connectivity index (χ4n) is 6.10. The van der Waals surface area contributed by atoms with E-state index in [-0.39, 0.29) is 34.9 Å². The Kier molecular flexibility index (Phi) is 8.10. The van der Waals surface area contributed by atoms with Crippen molar-refractivity contribution in [2.75, 3.05) is 51.0 Å². The van der Waals surface area contributed by atoms with Crippen molar-refractivity contribution in [1.82, 2.24) is 35.1 Å². The van der Waals surface area contributed by atoms with Crippen LogP contribution in [0, 0.1) is 17.8 Å². The van der Waals surface area contributed by atoms with Crippen molar-refractivity contribution in [3.63, 3.8) is 0 Å². The van der Waals surface area contributed by atoms with Gasteiger partial charge in [-0.1, -0.05) is 11.3 Å². The third kappa shape index (κ3) is 6.56. The van der Waals surface area contributed by atoms with Crippen LogP contribution in [0.4, 0.5) is 17.2 Å². The first-order chi connectivity index (χ1) is 21.4. The van der Waals surface area contributed by atoms with Crippen LogP contribution < -0.4 is 20.7 Å². The second kappa shape index (κ2) is 11.9. The van der Waals surface area contributed by atoms with Crippen molar-refractivity contribution in [2.45, 2.75) is 18.1 Å². The predicted octanol–water partition coefficient (Wildman–Crippen LogP) is 0.458. The van der Waals surface area contributed by atoms with Crippen LogP contribution in [-0.2, 0) is 11.8 Å². The number of aromatic nitrogens is 4. The van der Waals surface area contributed by atoms with Gasteiger partial charge in [0.1, 0.15) is 5.69 Å². The average Bonchev–Trinajstić information content (AvgIpc) is 3.53. The fourth-order valence-corrected chi connectivity index (χ4v) is 6.10. The van der Waals surface area contributed by atoms with E-state index in [4.69, 9.17) is 28.3 Å². The van der Waals surface area contributed by atoms with Crippen molar-refractivity contribution >= 4 is 58.5 Å². The molecule has 1 saturated carbocycles. The molecule has 3 fully saturated rings. The molecule has 3 N–H and O–H groups in total. The molecule has 3 amide bonds. The van der Waals surface area contributed by atoms with Crippen LogP contribution in [-0.4, -0.2) is 117 Å². The maximum absolute atomic E-state index is 13.5. The highest BCUT2D eigenvalue weighted by molar-refractivity contribution is 6.60. The average molecular weight is 603 g/mol. The number of para-hydroxylation sites is 1. The van der Waals surface area contributed by atoms with Crippen LogP contribution >= 0.6 is 0 Å². The second-order valence-electron chi connectivity index (χ2n) is 12.1. The number of aryl methyl sites for hydroxylation is 1. The number of methoxy groups -OCH3 is 1. The van der Waals surface area contributed by atoms with Gasteiger partial charge in [0.05, 0.1) is 47.7 Å². The number of carbonyl (C=O) groups is 3. The van der Waals surface area contributed by atoms with Crippen LogP contribution in [0.2, 0.25) is 0 Å². The highest BCUT2D eigenvalue weighted by atomic mass is 16.5. The van der Waals surface area contributed by atoms with Crippen molar-refractivity contribution in [3.05, 3.63) is 41.7 Å². The lowest BCUT2D eigenvalue weighted by Gasteiger charge is -2.23. The molecule has 2 saturated heterocycles. The van der Waals surface area contributed by atoms with Gasteiger partial charge in [0, 0.05) is 50.8 Å². The fraction of sp³-hybridized carbons (Fsp3) is 0.448. The van der Waals surface area contributed by atoms with Gasteiger partial charge in [0.25, 0.3) is 11.8 Å².